The number of benzene rings is 2. The van der Waals surface area contributed by atoms with Gasteiger partial charge in [0.1, 0.15) is 6.04 Å². The Bertz CT molecular complexity index is 800. The molecule has 0 heterocycles. The molecule has 0 bridgehead atoms. The van der Waals surface area contributed by atoms with Crippen molar-refractivity contribution in [2.75, 3.05) is 5.32 Å². The Kier molecular flexibility index (Phi) is 6.49. The molecule has 1 unspecified atom stereocenters. The van der Waals surface area contributed by atoms with E-state index in [0.29, 0.717) is 24.1 Å². The van der Waals surface area contributed by atoms with Crippen LogP contribution in [0.25, 0.3) is 0 Å². The van der Waals surface area contributed by atoms with E-state index >= 15 is 0 Å². The minimum atomic E-state index is -1.10. The number of hydrogen-bond acceptors (Lipinski definition) is 3. The summed E-state index contributed by atoms with van der Waals surface area (Å²) in [5, 5.41) is 14.0. The highest BCUT2D eigenvalue weighted by Gasteiger charge is 2.15. The summed E-state index contributed by atoms with van der Waals surface area (Å²) >= 11 is 0. The van der Waals surface area contributed by atoms with E-state index in [1.54, 1.807) is 24.3 Å². The van der Waals surface area contributed by atoms with Crippen LogP contribution in [-0.4, -0.2) is 28.9 Å². The number of rotatable bonds is 7. The summed E-state index contributed by atoms with van der Waals surface area (Å²) in [5.74, 6) is -1.68. The molecule has 2 amide bonds. The van der Waals surface area contributed by atoms with Gasteiger partial charge in [-0.1, -0.05) is 24.3 Å². The fraction of sp³-hybridized carbons (Fsp3) is 0.250. The third kappa shape index (κ3) is 5.44. The predicted molar refractivity (Wildman–Crippen MR) is 99.1 cm³/mol. The molecule has 0 fully saturated rings. The van der Waals surface area contributed by atoms with Crippen molar-refractivity contribution in [3.8, 4) is 0 Å². The summed E-state index contributed by atoms with van der Waals surface area (Å²) < 4.78 is 0. The van der Waals surface area contributed by atoms with Crippen molar-refractivity contribution < 1.29 is 19.5 Å². The molecule has 0 saturated heterocycles. The van der Waals surface area contributed by atoms with Gasteiger partial charge < -0.3 is 15.7 Å². The molecule has 6 nitrogen and oxygen atoms in total. The SMILES string of the molecule is Cc1ccccc1CCC(=O)Nc1ccc(C(=O)NC(C)C(=O)O)cc1. The third-order valence-corrected chi connectivity index (χ3v) is 4.03. The molecule has 2 aromatic rings. The highest BCUT2D eigenvalue weighted by atomic mass is 16.4. The number of carboxylic acids is 1. The molecule has 0 aromatic heterocycles. The van der Waals surface area contributed by atoms with Crippen molar-refractivity contribution >= 4 is 23.5 Å². The lowest BCUT2D eigenvalue weighted by Crippen LogP contribution is -2.38. The lowest BCUT2D eigenvalue weighted by molar-refractivity contribution is -0.138. The summed E-state index contributed by atoms with van der Waals surface area (Å²) in [5.41, 5.74) is 3.21. The second-order valence-electron chi connectivity index (χ2n) is 6.09. The first-order valence-corrected chi connectivity index (χ1v) is 8.35. The zero-order valence-corrected chi connectivity index (χ0v) is 14.8. The van der Waals surface area contributed by atoms with Gasteiger partial charge in [-0.2, -0.15) is 0 Å². The molecular formula is C20H22N2O4. The number of amides is 2. The first kappa shape index (κ1) is 19.2. The fourth-order valence-corrected chi connectivity index (χ4v) is 2.41. The van der Waals surface area contributed by atoms with Crippen LogP contribution < -0.4 is 10.6 Å². The van der Waals surface area contributed by atoms with Crippen LogP contribution in [0.15, 0.2) is 48.5 Å². The Morgan fingerprint density at radius 3 is 2.31 bits per heavy atom. The topological polar surface area (TPSA) is 95.5 Å². The minimum absolute atomic E-state index is 0.107. The molecule has 0 spiro atoms. The lowest BCUT2D eigenvalue weighted by atomic mass is 10.0. The summed E-state index contributed by atoms with van der Waals surface area (Å²) in [4.78, 5) is 34.8. The van der Waals surface area contributed by atoms with Gasteiger partial charge in [-0.15, -0.1) is 0 Å². The van der Waals surface area contributed by atoms with Crippen molar-refractivity contribution in [3.63, 3.8) is 0 Å². The molecule has 26 heavy (non-hydrogen) atoms. The maximum Gasteiger partial charge on any atom is 0.325 e. The molecule has 0 aliphatic heterocycles. The summed E-state index contributed by atoms with van der Waals surface area (Å²) in [6, 6.07) is 13.3. The molecule has 2 rings (SSSR count). The second kappa shape index (κ2) is 8.80. The van der Waals surface area contributed by atoms with Gasteiger partial charge in [0.15, 0.2) is 0 Å². The van der Waals surface area contributed by atoms with Crippen molar-refractivity contribution in [1.29, 1.82) is 0 Å². The average Bonchev–Trinajstić information content (AvgIpc) is 2.61. The Hall–Kier alpha value is -3.15. The monoisotopic (exact) mass is 354 g/mol. The number of hydrogen-bond donors (Lipinski definition) is 3. The van der Waals surface area contributed by atoms with E-state index in [9.17, 15) is 14.4 Å². The van der Waals surface area contributed by atoms with Crippen LogP contribution in [0.4, 0.5) is 5.69 Å². The van der Waals surface area contributed by atoms with E-state index in [2.05, 4.69) is 10.6 Å². The number of carboxylic acid groups (broad SMARTS) is 1. The van der Waals surface area contributed by atoms with Gasteiger partial charge in [0.25, 0.3) is 5.91 Å². The van der Waals surface area contributed by atoms with Gasteiger partial charge in [-0.25, -0.2) is 0 Å². The number of carbonyl (C=O) groups is 3. The molecule has 0 radical (unpaired) electrons. The predicted octanol–water partition coefficient (Wildman–Crippen LogP) is 2.77. The molecule has 136 valence electrons. The van der Waals surface area contributed by atoms with Crippen LogP contribution in [0, 0.1) is 6.92 Å². The largest absolute Gasteiger partial charge is 0.480 e. The van der Waals surface area contributed by atoms with Crippen molar-refractivity contribution in [2.24, 2.45) is 0 Å². The molecule has 3 N–H and O–H groups in total. The highest BCUT2D eigenvalue weighted by molar-refractivity contribution is 5.97. The highest BCUT2D eigenvalue weighted by Crippen LogP contribution is 2.13. The molecule has 1 atom stereocenters. The number of carbonyl (C=O) groups excluding carboxylic acids is 2. The van der Waals surface area contributed by atoms with Crippen molar-refractivity contribution in [2.45, 2.75) is 32.7 Å². The Labute approximate surface area is 152 Å². The smallest absolute Gasteiger partial charge is 0.325 e. The van der Waals surface area contributed by atoms with E-state index < -0.39 is 17.9 Å². The van der Waals surface area contributed by atoms with Crippen molar-refractivity contribution in [1.82, 2.24) is 5.32 Å². The maximum atomic E-state index is 12.1. The zero-order valence-electron chi connectivity index (χ0n) is 14.8. The maximum absolute atomic E-state index is 12.1. The van der Waals surface area contributed by atoms with Gasteiger partial charge in [0.2, 0.25) is 5.91 Å². The minimum Gasteiger partial charge on any atom is -0.480 e. The van der Waals surface area contributed by atoms with Gasteiger partial charge in [0, 0.05) is 17.7 Å². The zero-order chi connectivity index (χ0) is 19.1. The van der Waals surface area contributed by atoms with Gasteiger partial charge in [-0.05, 0) is 55.7 Å². The first-order chi connectivity index (χ1) is 12.4. The first-order valence-electron chi connectivity index (χ1n) is 8.35. The Morgan fingerprint density at radius 1 is 1.04 bits per heavy atom. The van der Waals surface area contributed by atoms with Crippen LogP contribution in [0.3, 0.4) is 0 Å². The number of aliphatic carboxylic acids is 1. The van der Waals surface area contributed by atoms with E-state index in [1.165, 1.54) is 6.92 Å². The van der Waals surface area contributed by atoms with Crippen LogP contribution in [0.5, 0.6) is 0 Å². The summed E-state index contributed by atoms with van der Waals surface area (Å²) in [6.07, 6.45) is 1.02. The van der Waals surface area contributed by atoms with E-state index in [0.717, 1.165) is 11.1 Å². The van der Waals surface area contributed by atoms with E-state index in [1.807, 2.05) is 31.2 Å². The molecular weight excluding hydrogens is 332 g/mol. The van der Waals surface area contributed by atoms with Crippen LogP contribution in [-0.2, 0) is 16.0 Å². The molecule has 0 aliphatic rings. The molecule has 0 saturated carbocycles. The number of nitrogens with one attached hydrogen (secondary N) is 2. The summed E-state index contributed by atoms with van der Waals surface area (Å²) in [7, 11) is 0. The van der Waals surface area contributed by atoms with Gasteiger partial charge >= 0.3 is 5.97 Å². The quantitative estimate of drug-likeness (QED) is 0.712. The standard InChI is InChI=1S/C20H22N2O4/c1-13-5-3-4-6-15(13)9-12-18(23)22-17-10-7-16(8-11-17)19(24)21-14(2)20(25)26/h3-8,10-11,14H,9,12H2,1-2H3,(H,21,24)(H,22,23)(H,25,26). The summed E-state index contributed by atoms with van der Waals surface area (Å²) in [6.45, 7) is 3.41. The Balaban J connectivity index is 1.88. The average molecular weight is 354 g/mol. The Morgan fingerprint density at radius 2 is 1.69 bits per heavy atom. The molecule has 2 aromatic carbocycles. The third-order valence-electron chi connectivity index (χ3n) is 4.03. The normalized spacial score (nSPS) is 11.5. The van der Waals surface area contributed by atoms with Crippen molar-refractivity contribution in [3.05, 3.63) is 65.2 Å². The van der Waals surface area contributed by atoms with E-state index in [4.69, 9.17) is 5.11 Å². The van der Waals surface area contributed by atoms with Crippen LogP contribution >= 0.6 is 0 Å². The van der Waals surface area contributed by atoms with Crippen LogP contribution in [0.2, 0.25) is 0 Å². The lowest BCUT2D eigenvalue weighted by Gasteiger charge is -2.10. The number of aryl methyl sites for hydroxylation is 2. The second-order valence-corrected chi connectivity index (χ2v) is 6.09. The van der Waals surface area contributed by atoms with E-state index in [-0.39, 0.29) is 5.91 Å². The fourth-order valence-electron chi connectivity index (χ4n) is 2.41. The van der Waals surface area contributed by atoms with Gasteiger partial charge in [-0.3, -0.25) is 14.4 Å². The van der Waals surface area contributed by atoms with Crippen LogP contribution in [0.1, 0.15) is 34.8 Å². The number of anilines is 1. The van der Waals surface area contributed by atoms with Gasteiger partial charge in [0.05, 0.1) is 0 Å². The molecule has 0 aliphatic carbocycles. The molecule has 6 heteroatoms.